The van der Waals surface area contributed by atoms with Gasteiger partial charge in [-0.3, -0.25) is 0 Å². The van der Waals surface area contributed by atoms with Crippen molar-refractivity contribution in [3.05, 3.63) is 34.6 Å². The molecule has 1 aromatic carbocycles. The first-order valence-electron chi connectivity index (χ1n) is 2.20. The van der Waals surface area contributed by atoms with E-state index in [1.807, 2.05) is 0 Å². The zero-order valence-electron chi connectivity index (χ0n) is 4.77. The van der Waals surface area contributed by atoms with E-state index in [1.54, 1.807) is 12.1 Å². The summed E-state index contributed by atoms with van der Waals surface area (Å²) in [5.74, 6) is -0.201. The van der Waals surface area contributed by atoms with Gasteiger partial charge >= 0.3 is 0 Å². The van der Waals surface area contributed by atoms with Crippen LogP contribution in [-0.2, 0) is 19.5 Å². The fraction of sp³-hybridized carbons (Fsp3) is 0. The van der Waals surface area contributed by atoms with Gasteiger partial charge < -0.3 is 0 Å². The second-order valence-electron chi connectivity index (χ2n) is 1.44. The van der Waals surface area contributed by atoms with Crippen LogP contribution in [0.3, 0.4) is 0 Å². The summed E-state index contributed by atoms with van der Waals surface area (Å²) in [4.78, 5) is 0. The van der Waals surface area contributed by atoms with Gasteiger partial charge in [0.15, 0.2) is 0 Å². The summed E-state index contributed by atoms with van der Waals surface area (Å²) in [7, 11) is 0. The van der Waals surface area contributed by atoms with Gasteiger partial charge in [0, 0.05) is 24.0 Å². The van der Waals surface area contributed by atoms with Gasteiger partial charge in [-0.15, -0.1) is 0 Å². The van der Waals surface area contributed by atoms with E-state index in [0.29, 0.717) is 0 Å². The Labute approximate surface area is 74.3 Å². The number of hydrogen-bond donors (Lipinski definition) is 0. The van der Waals surface area contributed by atoms with E-state index in [-0.39, 0.29) is 25.3 Å². The molecule has 0 saturated heterocycles. The predicted octanol–water partition coefficient (Wildman–Crippen LogP) is 2.59. The molecule has 0 radical (unpaired) electrons. The van der Waals surface area contributed by atoms with Crippen LogP contribution in [0.1, 0.15) is 0 Å². The monoisotopic (exact) mass is 238 g/mol. The average Bonchev–Trinajstić information content (AvgIpc) is 1.77. The first-order valence-corrected chi connectivity index (χ1v) is 2.99. The molecule has 0 unspecified atom stereocenters. The predicted molar refractivity (Wildman–Crippen MR) is 34.1 cm³/mol. The maximum atomic E-state index is 12.1. The minimum Gasteiger partial charge on any atom is -0.207 e. The number of hydrogen-bond acceptors (Lipinski definition) is 0. The largest absolute Gasteiger partial charge is 0.207 e. The Morgan fingerprint density at radius 3 is 1.89 bits per heavy atom. The van der Waals surface area contributed by atoms with Crippen molar-refractivity contribution >= 4 is 15.9 Å². The van der Waals surface area contributed by atoms with Gasteiger partial charge in [-0.2, -0.15) is 0 Å². The van der Waals surface area contributed by atoms with Crippen LogP contribution in [0.25, 0.3) is 0 Å². The van der Waals surface area contributed by atoms with Gasteiger partial charge in [0.1, 0.15) is 5.82 Å². The third kappa shape index (κ3) is 3.07. The van der Waals surface area contributed by atoms with Gasteiger partial charge in [0.25, 0.3) is 0 Å². The zero-order chi connectivity index (χ0) is 5.98. The second kappa shape index (κ2) is 4.13. The molecule has 0 heterocycles. The van der Waals surface area contributed by atoms with Crippen molar-refractivity contribution in [2.45, 2.75) is 0 Å². The summed E-state index contributed by atoms with van der Waals surface area (Å²) in [6.45, 7) is 0. The van der Waals surface area contributed by atoms with Crippen LogP contribution < -0.4 is 0 Å². The molecule has 0 amide bonds. The van der Waals surface area contributed by atoms with Crippen LogP contribution in [0.2, 0.25) is 0 Å². The molecule has 9 heavy (non-hydrogen) atoms. The van der Waals surface area contributed by atoms with Crippen molar-refractivity contribution in [1.82, 2.24) is 0 Å². The minimum atomic E-state index is -0.201. The van der Waals surface area contributed by atoms with Crippen molar-refractivity contribution in [2.75, 3.05) is 0 Å². The number of rotatable bonds is 0. The van der Waals surface area contributed by atoms with Crippen LogP contribution in [0.4, 0.5) is 4.39 Å². The van der Waals surface area contributed by atoms with Gasteiger partial charge in [0.2, 0.25) is 0 Å². The third-order valence-electron chi connectivity index (χ3n) is 0.804. The molecule has 3 heteroatoms. The van der Waals surface area contributed by atoms with Gasteiger partial charge in [-0.1, -0.05) is 15.9 Å². The van der Waals surface area contributed by atoms with E-state index in [4.69, 9.17) is 0 Å². The van der Waals surface area contributed by atoms with E-state index < -0.39 is 0 Å². The van der Waals surface area contributed by atoms with Crippen LogP contribution in [0.15, 0.2) is 28.7 Å². The fourth-order valence-electron chi connectivity index (χ4n) is 0.430. The van der Waals surface area contributed by atoms with Gasteiger partial charge in [0.05, 0.1) is 0 Å². The Morgan fingerprint density at radius 2 is 1.56 bits per heavy atom. The standard InChI is InChI=1S/C6H4BrF.Zn/c7-5-1-3-6(8)4-2-5;/h1-4H;. The molecule has 0 nitrogen and oxygen atoms in total. The Balaban J connectivity index is 0.000000640. The Morgan fingerprint density at radius 1 is 1.11 bits per heavy atom. The van der Waals surface area contributed by atoms with Gasteiger partial charge in [-0.05, 0) is 24.3 Å². The molecule has 0 fully saturated rings. The van der Waals surface area contributed by atoms with Crippen molar-refractivity contribution in [3.8, 4) is 0 Å². The number of benzene rings is 1. The molecule has 0 spiro atoms. The zero-order valence-corrected chi connectivity index (χ0v) is 9.33. The van der Waals surface area contributed by atoms with E-state index in [1.165, 1.54) is 12.1 Å². The summed E-state index contributed by atoms with van der Waals surface area (Å²) >= 11 is 3.18. The molecular weight excluding hydrogens is 236 g/mol. The molecule has 1 aromatic rings. The molecule has 0 aromatic heterocycles. The van der Waals surface area contributed by atoms with Crippen molar-refractivity contribution in [2.24, 2.45) is 0 Å². The third-order valence-corrected chi connectivity index (χ3v) is 1.33. The molecule has 0 aliphatic carbocycles. The van der Waals surface area contributed by atoms with Crippen LogP contribution in [0, 0.1) is 5.82 Å². The topological polar surface area (TPSA) is 0 Å². The van der Waals surface area contributed by atoms with E-state index >= 15 is 0 Å². The van der Waals surface area contributed by atoms with Crippen LogP contribution in [0.5, 0.6) is 0 Å². The normalized spacial score (nSPS) is 8.22. The van der Waals surface area contributed by atoms with Crippen molar-refractivity contribution in [3.63, 3.8) is 0 Å². The molecule has 0 aliphatic rings. The molecule has 1 rings (SSSR count). The van der Waals surface area contributed by atoms with E-state index in [2.05, 4.69) is 15.9 Å². The Hall–Kier alpha value is 0.253. The molecular formula is C6H4BrFZn. The summed E-state index contributed by atoms with van der Waals surface area (Å²) in [5, 5.41) is 0. The molecule has 0 atom stereocenters. The summed E-state index contributed by atoms with van der Waals surface area (Å²) in [5.41, 5.74) is 0. The van der Waals surface area contributed by atoms with E-state index in [9.17, 15) is 4.39 Å². The summed E-state index contributed by atoms with van der Waals surface area (Å²) in [6, 6.07) is 6.14. The quantitative estimate of drug-likeness (QED) is 0.612. The molecule has 44 valence electrons. The first-order chi connectivity index (χ1) is 3.79. The van der Waals surface area contributed by atoms with Gasteiger partial charge in [-0.25, -0.2) is 4.39 Å². The fourth-order valence-corrected chi connectivity index (χ4v) is 0.694. The van der Waals surface area contributed by atoms with Crippen molar-refractivity contribution < 1.29 is 23.9 Å². The molecule has 0 bridgehead atoms. The molecule has 0 saturated carbocycles. The molecule has 0 N–H and O–H groups in total. The minimum absolute atomic E-state index is 0. The van der Waals surface area contributed by atoms with Crippen LogP contribution >= 0.6 is 15.9 Å². The van der Waals surface area contributed by atoms with E-state index in [0.717, 1.165) is 4.47 Å². The summed E-state index contributed by atoms with van der Waals surface area (Å²) in [6.07, 6.45) is 0. The van der Waals surface area contributed by atoms with Crippen molar-refractivity contribution in [1.29, 1.82) is 0 Å². The maximum Gasteiger partial charge on any atom is 0.123 e. The smallest absolute Gasteiger partial charge is 0.123 e. The SMILES string of the molecule is Fc1ccc(Br)cc1.[Zn]. The summed E-state index contributed by atoms with van der Waals surface area (Å²) < 4.78 is 13.0. The number of halogens is 2. The Kier molecular flexibility index (Phi) is 4.25. The van der Waals surface area contributed by atoms with Crippen LogP contribution in [-0.4, -0.2) is 0 Å². The second-order valence-corrected chi connectivity index (χ2v) is 2.35. The first kappa shape index (κ1) is 9.25. The average molecular weight is 240 g/mol. The maximum absolute atomic E-state index is 12.1. The Bertz CT molecular complexity index is 152. The molecule has 0 aliphatic heterocycles.